The van der Waals surface area contributed by atoms with Crippen molar-refractivity contribution in [2.75, 3.05) is 5.73 Å². The summed E-state index contributed by atoms with van der Waals surface area (Å²) >= 11 is 0. The molecule has 1 heterocycles. The monoisotopic (exact) mass is 654 g/mol. The van der Waals surface area contributed by atoms with Gasteiger partial charge >= 0.3 is 0 Å². The Morgan fingerprint density at radius 3 is 1.84 bits per heavy atom. The number of anilines is 1. The van der Waals surface area contributed by atoms with Crippen LogP contribution in [0.15, 0.2) is 174 Å². The van der Waals surface area contributed by atoms with Crippen molar-refractivity contribution >= 4 is 76.4 Å². The first-order valence-corrected chi connectivity index (χ1v) is 17.2. The fraction of sp³-hybridized carbons (Fsp3) is 0.0208. The van der Waals surface area contributed by atoms with Crippen LogP contribution in [0.2, 0.25) is 0 Å². The Hall–Kier alpha value is -6.71. The Labute approximate surface area is 295 Å². The summed E-state index contributed by atoms with van der Waals surface area (Å²) in [5.41, 5.74) is 14.6. The molecule has 3 N–H and O–H groups in total. The normalized spacial score (nSPS) is 11.4. The van der Waals surface area contributed by atoms with Crippen LogP contribution in [0.5, 0.6) is 0 Å². The van der Waals surface area contributed by atoms with Crippen molar-refractivity contribution < 1.29 is 4.42 Å². The van der Waals surface area contributed by atoms with E-state index in [0.717, 1.165) is 44.2 Å². The number of aryl methyl sites for hydroxylation is 1. The van der Waals surface area contributed by atoms with Gasteiger partial charge in [-0.15, -0.1) is 0 Å². The van der Waals surface area contributed by atoms with Crippen LogP contribution in [0.4, 0.5) is 5.69 Å². The van der Waals surface area contributed by atoms with Gasteiger partial charge in [0.2, 0.25) is 0 Å². The zero-order valence-corrected chi connectivity index (χ0v) is 28.2. The summed E-state index contributed by atoms with van der Waals surface area (Å²) in [6, 6.07) is 58.2. The molecule has 0 atom stereocenters. The molecule has 3 nitrogen and oxygen atoms in total. The van der Waals surface area contributed by atoms with E-state index in [-0.39, 0.29) is 0 Å². The number of para-hydroxylation sites is 1. The lowest BCUT2D eigenvalue weighted by Crippen LogP contribution is -2.06. The molecule has 0 amide bonds. The summed E-state index contributed by atoms with van der Waals surface area (Å²) < 4.78 is 6.40. The average molecular weight is 655 g/mol. The third-order valence-corrected chi connectivity index (χ3v) is 10.0. The van der Waals surface area contributed by atoms with E-state index in [1.165, 1.54) is 48.7 Å². The highest BCUT2D eigenvalue weighted by Gasteiger charge is 2.17. The van der Waals surface area contributed by atoms with Crippen LogP contribution in [0.1, 0.15) is 16.7 Å². The van der Waals surface area contributed by atoms with E-state index in [9.17, 15) is 0 Å². The molecular weight excluding hydrogens is 621 g/mol. The predicted molar refractivity (Wildman–Crippen MR) is 217 cm³/mol. The van der Waals surface area contributed by atoms with Crippen molar-refractivity contribution in [1.82, 2.24) is 0 Å². The lowest BCUT2D eigenvalue weighted by atomic mass is 9.91. The van der Waals surface area contributed by atoms with Gasteiger partial charge in [0.05, 0.1) is 5.71 Å². The number of fused-ring (bicyclic) bond motifs is 11. The molecule has 0 unspecified atom stereocenters. The Morgan fingerprint density at radius 2 is 1.08 bits per heavy atom. The highest BCUT2D eigenvalue weighted by molar-refractivity contribution is 6.32. The number of nitrogens with one attached hydrogen (secondary N) is 1. The smallest absolute Gasteiger partial charge is 0.144 e. The first-order valence-electron chi connectivity index (χ1n) is 17.2. The predicted octanol–water partition coefficient (Wildman–Crippen LogP) is 12.9. The first kappa shape index (κ1) is 30.4. The van der Waals surface area contributed by atoms with E-state index in [1.807, 2.05) is 78.9 Å². The number of furan rings is 1. The van der Waals surface area contributed by atoms with Crippen LogP contribution < -0.4 is 5.73 Å². The standard InChI is InChI=1S/C25H16O.C23H18N2/c1-15-14-21-18-10-3-2-8-16(18)17-9-4-5-11-19(17)24(21)25-23(15)20-12-6-7-13-22(20)26-25;24-22(21-14-13-17-9-4-5-12-20(17)23(21)25)19-11-6-10-18(15-19)16-7-2-1-3-8-16/h2-14H,1H3;1-15,24H,25H2. The summed E-state index contributed by atoms with van der Waals surface area (Å²) in [4.78, 5) is 0. The lowest BCUT2D eigenvalue weighted by Gasteiger charge is -2.12. The maximum Gasteiger partial charge on any atom is 0.144 e. The van der Waals surface area contributed by atoms with Gasteiger partial charge in [0, 0.05) is 38.4 Å². The Balaban J connectivity index is 0.000000137. The largest absolute Gasteiger partial charge is 0.455 e. The third-order valence-electron chi connectivity index (χ3n) is 10.0. The molecule has 10 aromatic rings. The van der Waals surface area contributed by atoms with Gasteiger partial charge in [-0.25, -0.2) is 0 Å². The molecule has 3 heteroatoms. The second kappa shape index (κ2) is 12.3. The molecule has 0 aliphatic heterocycles. The molecule has 0 spiro atoms. The van der Waals surface area contributed by atoms with Crippen molar-refractivity contribution in [1.29, 1.82) is 5.41 Å². The number of hydrogen-bond acceptors (Lipinski definition) is 3. The van der Waals surface area contributed by atoms with E-state index in [4.69, 9.17) is 15.6 Å². The van der Waals surface area contributed by atoms with Crippen molar-refractivity contribution in [3.8, 4) is 11.1 Å². The summed E-state index contributed by atoms with van der Waals surface area (Å²) in [5, 5.41) is 20.8. The van der Waals surface area contributed by atoms with Gasteiger partial charge in [-0.2, -0.15) is 0 Å². The zero-order chi connectivity index (χ0) is 34.5. The van der Waals surface area contributed by atoms with Crippen LogP contribution in [0.25, 0.3) is 76.2 Å². The van der Waals surface area contributed by atoms with E-state index < -0.39 is 0 Å². The van der Waals surface area contributed by atoms with E-state index in [0.29, 0.717) is 11.4 Å². The molecule has 0 radical (unpaired) electrons. The van der Waals surface area contributed by atoms with Gasteiger partial charge in [-0.1, -0.05) is 152 Å². The molecule has 242 valence electrons. The first-order chi connectivity index (χ1) is 25.1. The minimum Gasteiger partial charge on any atom is -0.455 e. The Kier molecular flexibility index (Phi) is 7.33. The molecular formula is C48H34N2O. The molecule has 0 fully saturated rings. The number of nitrogen functional groups attached to an aromatic ring is 1. The van der Waals surface area contributed by atoms with E-state index >= 15 is 0 Å². The van der Waals surface area contributed by atoms with Gasteiger partial charge in [-0.3, -0.25) is 5.41 Å². The molecule has 0 aliphatic rings. The van der Waals surface area contributed by atoms with Crippen LogP contribution in [0, 0.1) is 12.3 Å². The highest BCUT2D eigenvalue weighted by atomic mass is 16.3. The number of hydrogen-bond donors (Lipinski definition) is 2. The van der Waals surface area contributed by atoms with Crippen LogP contribution in [-0.4, -0.2) is 5.71 Å². The number of rotatable bonds is 3. The van der Waals surface area contributed by atoms with E-state index in [2.05, 4.69) is 97.9 Å². The Bertz CT molecular complexity index is 2960. The maximum absolute atomic E-state index is 8.67. The van der Waals surface area contributed by atoms with Gasteiger partial charge in [0.25, 0.3) is 0 Å². The highest BCUT2D eigenvalue weighted by Crippen LogP contribution is 2.43. The molecule has 0 saturated carbocycles. The minimum absolute atomic E-state index is 0.445. The lowest BCUT2D eigenvalue weighted by molar-refractivity contribution is 0.673. The van der Waals surface area contributed by atoms with Crippen LogP contribution in [0.3, 0.4) is 0 Å². The van der Waals surface area contributed by atoms with Crippen molar-refractivity contribution in [2.45, 2.75) is 6.92 Å². The molecule has 10 rings (SSSR count). The molecule has 51 heavy (non-hydrogen) atoms. The fourth-order valence-electron chi connectivity index (χ4n) is 7.62. The van der Waals surface area contributed by atoms with Crippen LogP contribution in [-0.2, 0) is 0 Å². The molecule has 0 bridgehead atoms. The topological polar surface area (TPSA) is 63.0 Å². The van der Waals surface area contributed by atoms with Gasteiger partial charge < -0.3 is 10.2 Å². The summed E-state index contributed by atoms with van der Waals surface area (Å²) in [6.07, 6.45) is 0. The summed E-state index contributed by atoms with van der Waals surface area (Å²) in [7, 11) is 0. The van der Waals surface area contributed by atoms with Crippen molar-refractivity contribution in [3.63, 3.8) is 0 Å². The number of benzene rings is 9. The Morgan fingerprint density at radius 1 is 0.490 bits per heavy atom. The second-order valence-electron chi connectivity index (χ2n) is 13.1. The average Bonchev–Trinajstić information content (AvgIpc) is 3.59. The van der Waals surface area contributed by atoms with E-state index in [1.54, 1.807) is 0 Å². The van der Waals surface area contributed by atoms with Crippen molar-refractivity contribution in [3.05, 3.63) is 187 Å². The fourth-order valence-corrected chi connectivity index (χ4v) is 7.62. The van der Waals surface area contributed by atoms with Crippen molar-refractivity contribution in [2.24, 2.45) is 0 Å². The molecule has 1 aromatic heterocycles. The number of nitrogens with two attached hydrogens (primary N) is 1. The maximum atomic E-state index is 8.67. The molecule has 0 aliphatic carbocycles. The molecule has 0 saturated heterocycles. The quantitative estimate of drug-likeness (QED) is 0.113. The summed E-state index contributed by atoms with van der Waals surface area (Å²) in [5.74, 6) is 0. The second-order valence-corrected chi connectivity index (χ2v) is 13.1. The van der Waals surface area contributed by atoms with Crippen LogP contribution >= 0.6 is 0 Å². The zero-order valence-electron chi connectivity index (χ0n) is 28.2. The SMILES string of the molecule is Cc1cc2c3ccccc3c3ccccc3c2c2oc3ccccc3c12.N=C(c1cccc(-c2ccccc2)c1)c1ccc2ccccc2c1N. The summed E-state index contributed by atoms with van der Waals surface area (Å²) in [6.45, 7) is 2.19. The third kappa shape index (κ3) is 5.10. The van der Waals surface area contributed by atoms with Gasteiger partial charge in [0.1, 0.15) is 11.2 Å². The minimum atomic E-state index is 0.445. The molecule has 9 aromatic carbocycles. The van der Waals surface area contributed by atoms with Gasteiger partial charge in [-0.05, 0) is 74.1 Å². The van der Waals surface area contributed by atoms with Gasteiger partial charge in [0.15, 0.2) is 0 Å².